The maximum Gasteiger partial charge on any atom is 0.252 e. The topological polar surface area (TPSA) is 105 Å². The Morgan fingerprint density at radius 1 is 1.16 bits per heavy atom. The standard InChI is InChI=1S/C22H24N4O4S2/c27-21(23-18-9-2-1-3-10-18)16-8-5-11-26(13-16)32(28,29)19-12-17(14-31-19)20-24-22(30-25-20)15-6-4-7-15/h1-3,9-10,12,14-16H,4-8,11,13H2,(H,23,27). The Bertz CT molecular complexity index is 1200. The summed E-state index contributed by atoms with van der Waals surface area (Å²) in [5.41, 5.74) is 1.35. The molecule has 8 nitrogen and oxygen atoms in total. The number of carbonyl (C=O) groups excluding carboxylic acids is 1. The van der Waals surface area contributed by atoms with Crippen LogP contribution in [-0.4, -0.2) is 41.9 Å². The molecule has 2 fully saturated rings. The molecule has 32 heavy (non-hydrogen) atoms. The monoisotopic (exact) mass is 472 g/mol. The van der Waals surface area contributed by atoms with E-state index in [0.29, 0.717) is 48.3 Å². The first-order chi connectivity index (χ1) is 15.5. The first-order valence-electron chi connectivity index (χ1n) is 10.8. The number of amides is 1. The average Bonchev–Trinajstić information content (AvgIpc) is 3.44. The molecule has 1 saturated carbocycles. The molecule has 0 spiro atoms. The summed E-state index contributed by atoms with van der Waals surface area (Å²) in [4.78, 5) is 17.1. The molecule has 5 rings (SSSR count). The van der Waals surface area contributed by atoms with Gasteiger partial charge in [-0.1, -0.05) is 29.8 Å². The van der Waals surface area contributed by atoms with Crippen LogP contribution < -0.4 is 5.32 Å². The van der Waals surface area contributed by atoms with Crippen LogP contribution in [0.4, 0.5) is 5.69 Å². The van der Waals surface area contributed by atoms with Crippen LogP contribution in [0.2, 0.25) is 0 Å². The van der Waals surface area contributed by atoms with Crippen LogP contribution in [0.1, 0.15) is 43.9 Å². The Hall–Kier alpha value is -2.56. The highest BCUT2D eigenvalue weighted by molar-refractivity contribution is 7.91. The van der Waals surface area contributed by atoms with E-state index in [9.17, 15) is 13.2 Å². The summed E-state index contributed by atoms with van der Waals surface area (Å²) in [7, 11) is -3.71. The smallest absolute Gasteiger partial charge is 0.252 e. The Kier molecular flexibility index (Phi) is 5.83. The lowest BCUT2D eigenvalue weighted by Gasteiger charge is -2.30. The van der Waals surface area contributed by atoms with Gasteiger partial charge >= 0.3 is 0 Å². The van der Waals surface area contributed by atoms with Gasteiger partial charge in [-0.3, -0.25) is 4.79 Å². The number of nitrogens with zero attached hydrogens (tertiary/aromatic N) is 3. The summed E-state index contributed by atoms with van der Waals surface area (Å²) in [5, 5.41) is 8.66. The highest BCUT2D eigenvalue weighted by Gasteiger charge is 2.34. The SMILES string of the molecule is O=C(Nc1ccccc1)C1CCCN(S(=O)(=O)c2cc(-c3noc(C4CCC4)n3)cs2)C1. The van der Waals surface area contributed by atoms with E-state index in [1.807, 2.05) is 30.3 Å². The van der Waals surface area contributed by atoms with Crippen molar-refractivity contribution in [3.63, 3.8) is 0 Å². The number of anilines is 1. The molecule has 1 amide bonds. The minimum atomic E-state index is -3.71. The van der Waals surface area contributed by atoms with E-state index in [1.54, 1.807) is 11.4 Å². The van der Waals surface area contributed by atoms with Gasteiger partial charge < -0.3 is 9.84 Å². The molecule has 1 saturated heterocycles. The van der Waals surface area contributed by atoms with E-state index in [-0.39, 0.29) is 22.6 Å². The van der Waals surface area contributed by atoms with Gasteiger partial charge in [0.15, 0.2) is 0 Å². The molecule has 2 aliphatic rings. The molecule has 0 radical (unpaired) electrons. The van der Waals surface area contributed by atoms with Gasteiger partial charge in [0, 0.05) is 35.6 Å². The van der Waals surface area contributed by atoms with E-state index in [1.165, 1.54) is 10.7 Å². The zero-order valence-corrected chi connectivity index (χ0v) is 19.1. The predicted octanol–water partition coefficient (Wildman–Crippen LogP) is 4.11. The number of piperidine rings is 1. The summed E-state index contributed by atoms with van der Waals surface area (Å²) in [6.45, 7) is 0.570. The molecule has 1 N–H and O–H groups in total. The Morgan fingerprint density at radius 3 is 2.72 bits per heavy atom. The van der Waals surface area contributed by atoms with Gasteiger partial charge in [0.05, 0.1) is 5.92 Å². The second-order valence-electron chi connectivity index (χ2n) is 8.30. The van der Waals surface area contributed by atoms with Crippen molar-refractivity contribution in [1.82, 2.24) is 14.4 Å². The Balaban J connectivity index is 1.28. The zero-order valence-electron chi connectivity index (χ0n) is 17.4. The molecule has 10 heteroatoms. The minimum Gasteiger partial charge on any atom is -0.339 e. The van der Waals surface area contributed by atoms with E-state index in [2.05, 4.69) is 15.5 Å². The van der Waals surface area contributed by atoms with Gasteiger partial charge in [0.1, 0.15) is 4.21 Å². The number of thiophene rings is 1. The van der Waals surface area contributed by atoms with Crippen LogP contribution in [0.25, 0.3) is 11.4 Å². The van der Waals surface area contributed by atoms with E-state index < -0.39 is 10.0 Å². The molecular formula is C22H24N4O4S2. The number of nitrogens with one attached hydrogen (secondary N) is 1. The minimum absolute atomic E-state index is 0.154. The molecule has 1 atom stereocenters. The lowest BCUT2D eigenvalue weighted by atomic mass is 9.85. The highest BCUT2D eigenvalue weighted by atomic mass is 32.2. The maximum atomic E-state index is 13.3. The van der Waals surface area contributed by atoms with Crippen molar-refractivity contribution in [3.8, 4) is 11.4 Å². The van der Waals surface area contributed by atoms with Gasteiger partial charge in [-0.25, -0.2) is 8.42 Å². The molecule has 1 aromatic carbocycles. The lowest BCUT2D eigenvalue weighted by Crippen LogP contribution is -2.43. The first-order valence-corrected chi connectivity index (χ1v) is 13.1. The summed E-state index contributed by atoms with van der Waals surface area (Å²) in [5.74, 6) is 0.831. The summed E-state index contributed by atoms with van der Waals surface area (Å²) in [6, 6.07) is 10.8. The van der Waals surface area contributed by atoms with Gasteiger partial charge in [-0.2, -0.15) is 9.29 Å². The quantitative estimate of drug-likeness (QED) is 0.579. The Morgan fingerprint density at radius 2 is 1.97 bits per heavy atom. The zero-order chi connectivity index (χ0) is 22.1. The highest BCUT2D eigenvalue weighted by Crippen LogP contribution is 2.37. The summed E-state index contributed by atoms with van der Waals surface area (Å²) in [6.07, 6.45) is 4.58. The first kappa shape index (κ1) is 21.3. The van der Waals surface area contributed by atoms with Crippen molar-refractivity contribution in [2.45, 2.75) is 42.2 Å². The normalized spacial score (nSPS) is 20.1. The fourth-order valence-corrected chi connectivity index (χ4v) is 6.84. The molecule has 0 bridgehead atoms. The van der Waals surface area contributed by atoms with Gasteiger partial charge in [-0.15, -0.1) is 11.3 Å². The summed E-state index contributed by atoms with van der Waals surface area (Å²) >= 11 is 1.14. The maximum absolute atomic E-state index is 13.3. The van der Waals surface area contributed by atoms with Crippen LogP contribution in [0.3, 0.4) is 0 Å². The van der Waals surface area contributed by atoms with Crippen LogP contribution in [0, 0.1) is 5.92 Å². The second kappa shape index (κ2) is 8.76. The number of aromatic nitrogens is 2. The number of para-hydroxylation sites is 1. The number of hydrogen-bond acceptors (Lipinski definition) is 7. The lowest BCUT2D eigenvalue weighted by molar-refractivity contribution is -0.120. The van der Waals surface area contributed by atoms with Crippen molar-refractivity contribution in [1.29, 1.82) is 0 Å². The average molecular weight is 473 g/mol. The number of hydrogen-bond donors (Lipinski definition) is 1. The summed E-state index contributed by atoms with van der Waals surface area (Å²) < 4.78 is 33.5. The molecular weight excluding hydrogens is 448 g/mol. The third-order valence-electron chi connectivity index (χ3n) is 6.12. The van der Waals surface area contributed by atoms with Crippen molar-refractivity contribution in [3.05, 3.63) is 47.7 Å². The Labute approximate surface area is 190 Å². The number of benzene rings is 1. The molecule has 1 aliphatic heterocycles. The van der Waals surface area contributed by atoms with Crippen molar-refractivity contribution in [2.24, 2.45) is 5.92 Å². The van der Waals surface area contributed by atoms with Crippen molar-refractivity contribution < 1.29 is 17.7 Å². The third kappa shape index (κ3) is 4.22. The molecule has 3 aromatic rings. The van der Waals surface area contributed by atoms with Crippen molar-refractivity contribution in [2.75, 3.05) is 18.4 Å². The van der Waals surface area contributed by atoms with Gasteiger partial charge in [-0.05, 0) is 43.9 Å². The predicted molar refractivity (Wildman–Crippen MR) is 121 cm³/mol. The van der Waals surface area contributed by atoms with Crippen molar-refractivity contribution >= 4 is 33.0 Å². The fraction of sp³-hybridized carbons (Fsp3) is 0.409. The number of carbonyl (C=O) groups is 1. The largest absolute Gasteiger partial charge is 0.339 e. The number of rotatable bonds is 6. The van der Waals surface area contributed by atoms with E-state index >= 15 is 0 Å². The fourth-order valence-electron chi connectivity index (χ4n) is 4.01. The molecule has 168 valence electrons. The van der Waals surface area contributed by atoms with E-state index in [0.717, 1.165) is 24.2 Å². The molecule has 1 aliphatic carbocycles. The molecule has 3 heterocycles. The number of sulfonamides is 1. The second-order valence-corrected chi connectivity index (χ2v) is 11.4. The van der Waals surface area contributed by atoms with Crippen LogP contribution in [0.15, 0.2) is 50.5 Å². The van der Waals surface area contributed by atoms with E-state index in [4.69, 9.17) is 4.52 Å². The van der Waals surface area contributed by atoms with Crippen LogP contribution in [0.5, 0.6) is 0 Å². The van der Waals surface area contributed by atoms with Gasteiger partial charge in [0.25, 0.3) is 10.0 Å². The van der Waals surface area contributed by atoms with Gasteiger partial charge in [0.2, 0.25) is 17.6 Å². The van der Waals surface area contributed by atoms with Crippen LogP contribution in [-0.2, 0) is 14.8 Å². The molecule has 1 unspecified atom stereocenters. The molecule has 2 aromatic heterocycles. The third-order valence-corrected chi connectivity index (χ3v) is 9.40. The van der Waals surface area contributed by atoms with Crippen LogP contribution >= 0.6 is 11.3 Å².